The second-order valence-corrected chi connectivity index (χ2v) is 4.78. The van der Waals surface area contributed by atoms with Gasteiger partial charge in [-0.25, -0.2) is 0 Å². The summed E-state index contributed by atoms with van der Waals surface area (Å²) in [7, 11) is 0. The third kappa shape index (κ3) is 3.37. The van der Waals surface area contributed by atoms with Gasteiger partial charge >= 0.3 is 0 Å². The summed E-state index contributed by atoms with van der Waals surface area (Å²) in [4.78, 5) is 8.56. The Kier molecular flexibility index (Phi) is 5.14. The smallest absolute Gasteiger partial charge is 0.172 e. The molecule has 0 spiro atoms. The first kappa shape index (κ1) is 14.5. The summed E-state index contributed by atoms with van der Waals surface area (Å²) < 4.78 is 0. The van der Waals surface area contributed by atoms with Crippen molar-refractivity contribution in [3.8, 4) is 0 Å². The Labute approximate surface area is 118 Å². The van der Waals surface area contributed by atoms with E-state index in [1.165, 1.54) is 0 Å². The quantitative estimate of drug-likeness (QED) is 0.302. The van der Waals surface area contributed by atoms with Crippen LogP contribution in [0.4, 0.5) is 5.69 Å². The van der Waals surface area contributed by atoms with Gasteiger partial charge < -0.3 is 20.9 Å². The van der Waals surface area contributed by atoms with Gasteiger partial charge in [-0.05, 0) is 19.0 Å². The highest BCUT2D eigenvalue weighted by Crippen LogP contribution is 2.20. The molecule has 0 aromatic carbocycles. The molecule has 0 unspecified atom stereocenters. The lowest BCUT2D eigenvalue weighted by Gasteiger charge is -2.25. The molecule has 2 heterocycles. The van der Waals surface area contributed by atoms with Crippen molar-refractivity contribution in [2.45, 2.75) is 6.42 Å². The Hall–Kier alpha value is -1.86. The maximum absolute atomic E-state index is 9.02. The van der Waals surface area contributed by atoms with Crippen LogP contribution in [0.5, 0.6) is 0 Å². The predicted molar refractivity (Wildman–Crippen MR) is 77.1 cm³/mol. The molecule has 1 aromatic rings. The van der Waals surface area contributed by atoms with Gasteiger partial charge in [0.1, 0.15) is 0 Å². The number of nitrogens with two attached hydrogens (primary N) is 1. The number of pyridine rings is 1. The van der Waals surface area contributed by atoms with Gasteiger partial charge in [0.05, 0.1) is 18.5 Å². The van der Waals surface area contributed by atoms with E-state index in [1.807, 2.05) is 0 Å². The second kappa shape index (κ2) is 7.06. The molecule has 1 fully saturated rings. The number of amidine groups is 1. The first-order chi connectivity index (χ1) is 9.76. The largest absolute Gasteiger partial charge is 0.409 e. The van der Waals surface area contributed by atoms with Crippen molar-refractivity contribution in [1.82, 2.24) is 9.88 Å². The summed E-state index contributed by atoms with van der Waals surface area (Å²) in [5.74, 6) is 0.0962. The number of anilines is 1. The fourth-order valence-corrected chi connectivity index (χ4v) is 2.49. The summed E-state index contributed by atoms with van der Waals surface area (Å²) in [5.41, 5.74) is 7.29. The molecule has 0 bridgehead atoms. The standard InChI is InChI=1S/C13H21N5O2/c14-13(16-20)11-2-3-15-10-12(11)18-5-1-4-17(6-7-18)8-9-19/h2-3,10,19-20H,1,4-9H2,(H2,14,16). The fourth-order valence-electron chi connectivity index (χ4n) is 2.49. The van der Waals surface area contributed by atoms with Crippen LogP contribution in [0.3, 0.4) is 0 Å². The van der Waals surface area contributed by atoms with Crippen LogP contribution in [0.15, 0.2) is 23.6 Å². The summed E-state index contributed by atoms with van der Waals surface area (Å²) in [6.45, 7) is 4.45. The molecule has 1 aliphatic heterocycles. The van der Waals surface area contributed by atoms with Crippen LogP contribution in [-0.2, 0) is 0 Å². The number of nitrogens with zero attached hydrogens (tertiary/aromatic N) is 4. The van der Waals surface area contributed by atoms with Gasteiger partial charge in [0.25, 0.3) is 0 Å². The summed E-state index contributed by atoms with van der Waals surface area (Å²) in [5, 5.41) is 21.0. The van der Waals surface area contributed by atoms with Crippen molar-refractivity contribution < 1.29 is 10.3 Å². The molecule has 1 saturated heterocycles. The van der Waals surface area contributed by atoms with E-state index in [9.17, 15) is 0 Å². The average molecular weight is 279 g/mol. The van der Waals surface area contributed by atoms with Crippen LogP contribution in [0, 0.1) is 0 Å². The molecule has 0 amide bonds. The monoisotopic (exact) mass is 279 g/mol. The minimum absolute atomic E-state index is 0.0962. The van der Waals surface area contributed by atoms with E-state index < -0.39 is 0 Å². The molecule has 110 valence electrons. The normalized spacial score (nSPS) is 18.1. The zero-order chi connectivity index (χ0) is 14.4. The van der Waals surface area contributed by atoms with E-state index >= 15 is 0 Å². The summed E-state index contributed by atoms with van der Waals surface area (Å²) in [6.07, 6.45) is 4.38. The Bertz CT molecular complexity index is 466. The maximum Gasteiger partial charge on any atom is 0.172 e. The van der Waals surface area contributed by atoms with E-state index in [-0.39, 0.29) is 12.4 Å². The second-order valence-electron chi connectivity index (χ2n) is 4.78. The van der Waals surface area contributed by atoms with Gasteiger partial charge in [-0.15, -0.1) is 0 Å². The average Bonchev–Trinajstić information content (AvgIpc) is 2.72. The molecule has 4 N–H and O–H groups in total. The minimum Gasteiger partial charge on any atom is -0.409 e. The zero-order valence-corrected chi connectivity index (χ0v) is 11.4. The minimum atomic E-state index is 0.0962. The van der Waals surface area contributed by atoms with Crippen molar-refractivity contribution in [3.63, 3.8) is 0 Å². The predicted octanol–water partition coefficient (Wildman–Crippen LogP) is -0.320. The number of aliphatic hydroxyl groups excluding tert-OH is 1. The molecule has 0 saturated carbocycles. The highest BCUT2D eigenvalue weighted by atomic mass is 16.4. The van der Waals surface area contributed by atoms with E-state index in [0.29, 0.717) is 12.1 Å². The molecule has 0 aliphatic carbocycles. The van der Waals surface area contributed by atoms with Gasteiger partial charge in [0, 0.05) is 37.9 Å². The number of β-amino-alcohol motifs (C(OH)–C–C–N with tert-alkyl or cyclic N) is 1. The van der Waals surface area contributed by atoms with Gasteiger partial charge in [0.15, 0.2) is 5.84 Å². The number of rotatable bonds is 4. The lowest BCUT2D eigenvalue weighted by molar-refractivity contribution is 0.204. The zero-order valence-electron chi connectivity index (χ0n) is 11.4. The molecular weight excluding hydrogens is 258 g/mol. The molecule has 0 atom stereocenters. The lowest BCUT2D eigenvalue weighted by Crippen LogP contribution is -2.33. The van der Waals surface area contributed by atoms with E-state index in [2.05, 4.69) is 19.9 Å². The van der Waals surface area contributed by atoms with Crippen molar-refractivity contribution >= 4 is 11.5 Å². The first-order valence-electron chi connectivity index (χ1n) is 6.76. The molecular formula is C13H21N5O2. The summed E-state index contributed by atoms with van der Waals surface area (Å²) in [6, 6.07) is 1.75. The van der Waals surface area contributed by atoms with Crippen molar-refractivity contribution in [1.29, 1.82) is 0 Å². The van der Waals surface area contributed by atoms with Crippen LogP contribution in [0.2, 0.25) is 0 Å². The number of aromatic nitrogens is 1. The van der Waals surface area contributed by atoms with Crippen LogP contribution in [0.25, 0.3) is 0 Å². The number of aliphatic hydroxyl groups is 1. The Balaban J connectivity index is 2.15. The van der Waals surface area contributed by atoms with E-state index in [1.54, 1.807) is 18.5 Å². The molecule has 0 radical (unpaired) electrons. The maximum atomic E-state index is 9.02. The van der Waals surface area contributed by atoms with Crippen molar-refractivity contribution in [3.05, 3.63) is 24.0 Å². The van der Waals surface area contributed by atoms with Gasteiger partial charge in [-0.2, -0.15) is 0 Å². The Morgan fingerprint density at radius 2 is 2.20 bits per heavy atom. The van der Waals surface area contributed by atoms with Crippen LogP contribution >= 0.6 is 0 Å². The van der Waals surface area contributed by atoms with Crippen LogP contribution < -0.4 is 10.6 Å². The molecule has 7 nitrogen and oxygen atoms in total. The topological polar surface area (TPSA) is 98.2 Å². The molecule has 2 rings (SSSR count). The molecule has 1 aliphatic rings. The third-order valence-corrected chi connectivity index (χ3v) is 3.53. The van der Waals surface area contributed by atoms with Crippen molar-refractivity contribution in [2.75, 3.05) is 44.2 Å². The van der Waals surface area contributed by atoms with Crippen LogP contribution in [-0.4, -0.2) is 65.4 Å². The lowest BCUT2D eigenvalue weighted by atomic mass is 10.2. The highest BCUT2D eigenvalue weighted by molar-refractivity contribution is 6.02. The first-order valence-corrected chi connectivity index (χ1v) is 6.76. The Morgan fingerprint density at radius 1 is 1.35 bits per heavy atom. The SMILES string of the molecule is N/C(=N/O)c1ccncc1N1CCCN(CCO)CC1. The number of hydrogen-bond donors (Lipinski definition) is 3. The van der Waals surface area contributed by atoms with Gasteiger partial charge in [-0.3, -0.25) is 9.88 Å². The van der Waals surface area contributed by atoms with E-state index in [0.717, 1.165) is 38.3 Å². The third-order valence-electron chi connectivity index (χ3n) is 3.53. The molecule has 7 heteroatoms. The van der Waals surface area contributed by atoms with E-state index in [4.69, 9.17) is 16.0 Å². The highest BCUT2D eigenvalue weighted by Gasteiger charge is 2.18. The van der Waals surface area contributed by atoms with Gasteiger partial charge in [-0.1, -0.05) is 5.16 Å². The van der Waals surface area contributed by atoms with Crippen molar-refractivity contribution in [2.24, 2.45) is 10.9 Å². The number of hydrogen-bond acceptors (Lipinski definition) is 6. The number of oxime groups is 1. The van der Waals surface area contributed by atoms with Gasteiger partial charge in [0.2, 0.25) is 0 Å². The Morgan fingerprint density at radius 3 is 2.95 bits per heavy atom. The van der Waals surface area contributed by atoms with Crippen LogP contribution in [0.1, 0.15) is 12.0 Å². The molecule has 1 aromatic heterocycles. The fraction of sp³-hybridized carbons (Fsp3) is 0.538. The summed E-state index contributed by atoms with van der Waals surface area (Å²) >= 11 is 0. The molecule has 20 heavy (non-hydrogen) atoms.